The van der Waals surface area contributed by atoms with Gasteiger partial charge in [0.15, 0.2) is 5.78 Å². The van der Waals surface area contributed by atoms with Crippen molar-refractivity contribution >= 4 is 17.5 Å². The highest BCUT2D eigenvalue weighted by molar-refractivity contribution is 6.06. The third kappa shape index (κ3) is 5.88. The molecule has 0 fully saturated rings. The summed E-state index contributed by atoms with van der Waals surface area (Å²) in [6.07, 6.45) is 2.64. The molecule has 164 valence electrons. The zero-order chi connectivity index (χ0) is 23.1. The molecule has 0 saturated carbocycles. The molecule has 0 aliphatic rings. The van der Waals surface area contributed by atoms with Gasteiger partial charge in [0.25, 0.3) is 0 Å². The Hall–Kier alpha value is -4.27. The number of nitro groups is 1. The second-order valence-electron chi connectivity index (χ2n) is 6.36. The van der Waals surface area contributed by atoms with Gasteiger partial charge < -0.3 is 14.2 Å². The van der Waals surface area contributed by atoms with Crippen molar-refractivity contribution in [2.75, 3.05) is 7.11 Å². The third-order valence-corrected chi connectivity index (χ3v) is 4.26. The van der Waals surface area contributed by atoms with Crippen LogP contribution in [0.2, 0.25) is 0 Å². The number of ether oxygens (including phenoxy) is 3. The van der Waals surface area contributed by atoms with Gasteiger partial charge in [-0.3, -0.25) is 14.9 Å². The molecule has 9 heteroatoms. The summed E-state index contributed by atoms with van der Waals surface area (Å²) in [7, 11) is 1.52. The van der Waals surface area contributed by atoms with Crippen LogP contribution in [0, 0.1) is 10.1 Å². The fourth-order valence-electron chi connectivity index (χ4n) is 2.71. The molecule has 0 bridgehead atoms. The molecule has 0 N–H and O–H groups in total. The Kier molecular flexibility index (Phi) is 7.12. The van der Waals surface area contributed by atoms with E-state index in [1.165, 1.54) is 55.7 Å². The minimum Gasteiger partial charge on any atom is -0.497 e. The number of benzene rings is 3. The van der Waals surface area contributed by atoms with Crippen LogP contribution in [0.25, 0.3) is 6.08 Å². The van der Waals surface area contributed by atoms with E-state index >= 15 is 0 Å². The van der Waals surface area contributed by atoms with Gasteiger partial charge in [-0.2, -0.15) is 8.78 Å². The first kappa shape index (κ1) is 22.4. The quantitative estimate of drug-likeness (QED) is 0.178. The van der Waals surface area contributed by atoms with Gasteiger partial charge in [-0.05, 0) is 66.2 Å². The lowest BCUT2D eigenvalue weighted by atomic mass is 10.1. The van der Waals surface area contributed by atoms with E-state index in [9.17, 15) is 23.7 Å². The topological polar surface area (TPSA) is 87.9 Å². The SMILES string of the molecule is COc1ccc(Oc2ccc(/C=C/C(=O)c3ccc(OC(F)F)cc3)cc2[N+](=O)[O-])cc1. The van der Waals surface area contributed by atoms with Crippen molar-refractivity contribution in [1.29, 1.82) is 0 Å². The smallest absolute Gasteiger partial charge is 0.387 e. The number of hydrogen-bond acceptors (Lipinski definition) is 6. The van der Waals surface area contributed by atoms with Crippen LogP contribution in [-0.2, 0) is 0 Å². The van der Waals surface area contributed by atoms with Gasteiger partial charge in [0, 0.05) is 11.6 Å². The number of hydrogen-bond donors (Lipinski definition) is 0. The minimum atomic E-state index is -2.95. The van der Waals surface area contributed by atoms with Gasteiger partial charge in [0.1, 0.15) is 17.2 Å². The second-order valence-corrected chi connectivity index (χ2v) is 6.36. The Bertz CT molecular complexity index is 1130. The summed E-state index contributed by atoms with van der Waals surface area (Å²) in [6, 6.07) is 16.0. The van der Waals surface area contributed by atoms with Crippen LogP contribution < -0.4 is 14.2 Å². The maximum Gasteiger partial charge on any atom is 0.387 e. The lowest BCUT2D eigenvalue weighted by Gasteiger charge is -2.08. The van der Waals surface area contributed by atoms with Gasteiger partial charge in [-0.1, -0.05) is 12.1 Å². The zero-order valence-corrected chi connectivity index (χ0v) is 16.7. The van der Waals surface area contributed by atoms with Gasteiger partial charge in [0.05, 0.1) is 12.0 Å². The summed E-state index contributed by atoms with van der Waals surface area (Å²) in [6.45, 7) is -2.95. The molecule has 0 heterocycles. The van der Waals surface area contributed by atoms with Crippen LogP contribution in [-0.4, -0.2) is 24.4 Å². The number of rotatable bonds is 9. The van der Waals surface area contributed by atoms with Gasteiger partial charge in [-0.25, -0.2) is 0 Å². The standard InChI is InChI=1S/C23H17F2NO6/c1-30-17-8-10-18(11-9-17)31-22-13-3-15(14-20(22)26(28)29)2-12-21(27)16-4-6-19(7-5-16)32-23(24)25/h2-14,23H,1H3/b12-2+. The van der Waals surface area contributed by atoms with Crippen molar-refractivity contribution < 1.29 is 32.7 Å². The van der Waals surface area contributed by atoms with E-state index in [4.69, 9.17) is 9.47 Å². The number of carbonyl (C=O) groups excluding carboxylic acids is 1. The predicted octanol–water partition coefficient (Wildman–Crippen LogP) is 5.89. The molecule has 0 radical (unpaired) electrons. The fourth-order valence-corrected chi connectivity index (χ4v) is 2.71. The van der Waals surface area contributed by atoms with E-state index in [1.807, 2.05) is 0 Å². The maximum atomic E-state index is 12.3. The summed E-state index contributed by atoms with van der Waals surface area (Å²) in [4.78, 5) is 23.2. The molecule has 0 saturated heterocycles. The molecular weight excluding hydrogens is 424 g/mol. The Morgan fingerprint density at radius 2 is 1.59 bits per heavy atom. The Morgan fingerprint density at radius 3 is 2.19 bits per heavy atom. The van der Waals surface area contributed by atoms with Crippen LogP contribution >= 0.6 is 0 Å². The summed E-state index contributed by atoms with van der Waals surface area (Å²) >= 11 is 0. The largest absolute Gasteiger partial charge is 0.497 e. The Morgan fingerprint density at radius 1 is 0.969 bits per heavy atom. The van der Waals surface area contributed by atoms with Crippen molar-refractivity contribution in [3.63, 3.8) is 0 Å². The molecule has 0 atom stereocenters. The second kappa shape index (κ2) is 10.2. The fraction of sp³-hybridized carbons (Fsp3) is 0.0870. The average Bonchev–Trinajstić information content (AvgIpc) is 2.78. The van der Waals surface area contributed by atoms with Crippen LogP contribution in [0.15, 0.2) is 72.8 Å². The van der Waals surface area contributed by atoms with Crippen molar-refractivity contribution in [2.45, 2.75) is 6.61 Å². The number of nitro benzene ring substituents is 1. The minimum absolute atomic E-state index is 0.0401. The number of nitrogens with zero attached hydrogens (tertiary/aromatic N) is 1. The summed E-state index contributed by atoms with van der Waals surface area (Å²) in [5.41, 5.74) is 0.380. The summed E-state index contributed by atoms with van der Waals surface area (Å²) in [5.74, 6) is 0.580. The lowest BCUT2D eigenvalue weighted by molar-refractivity contribution is -0.385. The molecule has 0 aromatic heterocycles. The zero-order valence-electron chi connectivity index (χ0n) is 16.7. The first-order valence-corrected chi connectivity index (χ1v) is 9.23. The molecule has 3 aromatic carbocycles. The first-order valence-electron chi connectivity index (χ1n) is 9.23. The van der Waals surface area contributed by atoms with Crippen molar-refractivity contribution in [3.8, 4) is 23.0 Å². The first-order chi connectivity index (χ1) is 15.4. The molecular formula is C23H17F2NO6. The molecule has 0 aliphatic heterocycles. The Balaban J connectivity index is 1.75. The van der Waals surface area contributed by atoms with E-state index in [-0.39, 0.29) is 22.7 Å². The maximum absolute atomic E-state index is 12.3. The number of allylic oxidation sites excluding steroid dienone is 1. The highest BCUT2D eigenvalue weighted by atomic mass is 19.3. The normalized spacial score (nSPS) is 10.9. The Labute approximate surface area is 181 Å². The molecule has 7 nitrogen and oxygen atoms in total. The van der Waals surface area contributed by atoms with Crippen LogP contribution in [0.4, 0.5) is 14.5 Å². The van der Waals surface area contributed by atoms with Crippen LogP contribution in [0.3, 0.4) is 0 Å². The number of alkyl halides is 2. The molecule has 0 amide bonds. The van der Waals surface area contributed by atoms with Gasteiger partial charge >= 0.3 is 12.3 Å². The van der Waals surface area contributed by atoms with Crippen molar-refractivity contribution in [1.82, 2.24) is 0 Å². The highest BCUT2D eigenvalue weighted by Crippen LogP contribution is 2.33. The monoisotopic (exact) mass is 441 g/mol. The number of ketones is 1. The van der Waals surface area contributed by atoms with E-state index in [0.29, 0.717) is 17.1 Å². The number of carbonyl (C=O) groups is 1. The number of halogens is 2. The van der Waals surface area contributed by atoms with Crippen LogP contribution in [0.1, 0.15) is 15.9 Å². The van der Waals surface area contributed by atoms with Crippen molar-refractivity contribution in [2.24, 2.45) is 0 Å². The van der Waals surface area contributed by atoms with Gasteiger partial charge in [0.2, 0.25) is 5.75 Å². The molecule has 3 rings (SSSR count). The molecule has 32 heavy (non-hydrogen) atoms. The van der Waals surface area contributed by atoms with Crippen molar-refractivity contribution in [3.05, 3.63) is 94.0 Å². The highest BCUT2D eigenvalue weighted by Gasteiger charge is 2.16. The van der Waals surface area contributed by atoms with E-state index in [1.54, 1.807) is 30.3 Å². The van der Waals surface area contributed by atoms with E-state index in [2.05, 4.69) is 4.74 Å². The lowest BCUT2D eigenvalue weighted by Crippen LogP contribution is -2.02. The molecule has 0 spiro atoms. The molecule has 0 aliphatic carbocycles. The van der Waals surface area contributed by atoms with E-state index < -0.39 is 17.3 Å². The van der Waals surface area contributed by atoms with E-state index in [0.717, 1.165) is 0 Å². The summed E-state index contributed by atoms with van der Waals surface area (Å²) < 4.78 is 39.3. The van der Waals surface area contributed by atoms with Crippen LogP contribution in [0.5, 0.6) is 23.0 Å². The molecule has 0 unspecified atom stereocenters. The summed E-state index contributed by atoms with van der Waals surface area (Å²) in [5, 5.41) is 11.5. The average molecular weight is 441 g/mol. The van der Waals surface area contributed by atoms with Gasteiger partial charge in [-0.15, -0.1) is 0 Å². The third-order valence-electron chi connectivity index (χ3n) is 4.26. The molecule has 3 aromatic rings. The number of methoxy groups -OCH3 is 1. The predicted molar refractivity (Wildman–Crippen MR) is 113 cm³/mol.